The molecule has 0 aromatic carbocycles. The number of aliphatic hydroxyl groups is 1. The first kappa shape index (κ1) is 14.1. The highest BCUT2D eigenvalue weighted by atomic mass is 19.3. The van der Waals surface area contributed by atoms with Gasteiger partial charge in [-0.25, -0.2) is 13.6 Å². The van der Waals surface area contributed by atoms with Gasteiger partial charge in [-0.05, 0) is 20.8 Å². The second-order valence-electron chi connectivity index (χ2n) is 4.19. The molecule has 0 rings (SSSR count). The third-order valence-corrected chi connectivity index (χ3v) is 1.39. The Hall–Kier alpha value is -0.910. The minimum absolute atomic E-state index is 0.234. The molecule has 4 nitrogen and oxygen atoms in total. The molecular formula is C9H17F2NO3. The van der Waals surface area contributed by atoms with Crippen molar-refractivity contribution < 1.29 is 23.4 Å². The summed E-state index contributed by atoms with van der Waals surface area (Å²) in [5, 5.41) is 10.4. The number of halogens is 2. The van der Waals surface area contributed by atoms with Gasteiger partial charge in [-0.1, -0.05) is 0 Å². The number of carbonyl (C=O) groups excluding carboxylic acids is 1. The number of carbonyl (C=O) groups is 1. The number of nitrogens with one attached hydrogen (secondary N) is 1. The highest BCUT2D eigenvalue weighted by Gasteiger charge is 2.27. The zero-order chi connectivity index (χ0) is 12.1. The first-order valence-electron chi connectivity index (χ1n) is 4.62. The lowest BCUT2D eigenvalue weighted by Crippen LogP contribution is -2.35. The first-order chi connectivity index (χ1) is 6.66. The van der Waals surface area contributed by atoms with E-state index < -0.39 is 30.6 Å². The summed E-state index contributed by atoms with van der Waals surface area (Å²) < 4.78 is 29.8. The molecule has 0 spiro atoms. The maximum atomic E-state index is 12.5. The standard InChI is InChI=1S/C9H17F2NO3/c1-8(2,3)15-7(14)12-5-4-9(10,11)6-13/h13H,4-6H2,1-3H3,(H,12,14). The second-order valence-corrected chi connectivity index (χ2v) is 4.19. The Kier molecular flexibility index (Phi) is 4.93. The van der Waals surface area contributed by atoms with Crippen molar-refractivity contribution in [2.75, 3.05) is 13.2 Å². The molecule has 0 fully saturated rings. The van der Waals surface area contributed by atoms with Crippen molar-refractivity contribution in [1.82, 2.24) is 5.32 Å². The van der Waals surface area contributed by atoms with E-state index in [-0.39, 0.29) is 6.54 Å². The monoisotopic (exact) mass is 225 g/mol. The van der Waals surface area contributed by atoms with Crippen LogP contribution >= 0.6 is 0 Å². The zero-order valence-electron chi connectivity index (χ0n) is 9.14. The first-order valence-corrected chi connectivity index (χ1v) is 4.62. The Morgan fingerprint density at radius 3 is 2.33 bits per heavy atom. The maximum absolute atomic E-state index is 12.5. The summed E-state index contributed by atoms with van der Waals surface area (Å²) >= 11 is 0. The topological polar surface area (TPSA) is 58.6 Å². The van der Waals surface area contributed by atoms with Crippen molar-refractivity contribution in [3.8, 4) is 0 Å². The molecule has 6 heteroatoms. The molecular weight excluding hydrogens is 208 g/mol. The zero-order valence-corrected chi connectivity index (χ0v) is 9.14. The summed E-state index contributed by atoms with van der Waals surface area (Å²) in [6.07, 6.45) is -1.35. The quantitative estimate of drug-likeness (QED) is 0.762. The molecule has 0 aliphatic carbocycles. The smallest absolute Gasteiger partial charge is 0.407 e. The van der Waals surface area contributed by atoms with E-state index in [0.717, 1.165) is 0 Å². The summed E-state index contributed by atoms with van der Waals surface area (Å²) in [6.45, 7) is 3.57. The van der Waals surface area contributed by atoms with Gasteiger partial charge in [-0.2, -0.15) is 0 Å². The third kappa shape index (κ3) is 8.11. The Morgan fingerprint density at radius 1 is 1.40 bits per heavy atom. The molecule has 0 aromatic heterocycles. The number of alkyl carbamates (subject to hydrolysis) is 1. The molecule has 0 heterocycles. The third-order valence-electron chi connectivity index (χ3n) is 1.39. The number of aliphatic hydroxyl groups excluding tert-OH is 1. The van der Waals surface area contributed by atoms with E-state index in [1.54, 1.807) is 20.8 Å². The van der Waals surface area contributed by atoms with Crippen LogP contribution in [0.4, 0.5) is 13.6 Å². The molecule has 0 bridgehead atoms. The van der Waals surface area contributed by atoms with E-state index in [2.05, 4.69) is 5.32 Å². The minimum Gasteiger partial charge on any atom is -0.444 e. The fourth-order valence-corrected chi connectivity index (χ4v) is 0.741. The van der Waals surface area contributed by atoms with Crippen molar-refractivity contribution in [2.24, 2.45) is 0 Å². The van der Waals surface area contributed by atoms with Crippen LogP contribution in [0.1, 0.15) is 27.2 Å². The van der Waals surface area contributed by atoms with Gasteiger partial charge < -0.3 is 15.2 Å². The molecule has 90 valence electrons. The van der Waals surface area contributed by atoms with E-state index >= 15 is 0 Å². The summed E-state index contributed by atoms with van der Waals surface area (Å²) in [7, 11) is 0. The summed E-state index contributed by atoms with van der Waals surface area (Å²) in [6, 6.07) is 0. The normalized spacial score (nSPS) is 12.4. The lowest BCUT2D eigenvalue weighted by atomic mass is 10.2. The lowest BCUT2D eigenvalue weighted by molar-refractivity contribution is -0.0556. The number of rotatable bonds is 4. The molecule has 0 aliphatic rings. The Morgan fingerprint density at radius 2 is 1.93 bits per heavy atom. The largest absolute Gasteiger partial charge is 0.444 e. The number of ether oxygens (including phenoxy) is 1. The van der Waals surface area contributed by atoms with Crippen LogP contribution in [0, 0.1) is 0 Å². The van der Waals surface area contributed by atoms with Crippen LogP contribution in [0.2, 0.25) is 0 Å². The van der Waals surface area contributed by atoms with Crippen LogP contribution < -0.4 is 5.32 Å². The van der Waals surface area contributed by atoms with E-state index in [1.165, 1.54) is 0 Å². The van der Waals surface area contributed by atoms with Crippen molar-refractivity contribution in [2.45, 2.75) is 38.7 Å². The Balaban J connectivity index is 3.74. The van der Waals surface area contributed by atoms with Crippen LogP contribution in [-0.4, -0.2) is 35.9 Å². The maximum Gasteiger partial charge on any atom is 0.407 e. The van der Waals surface area contributed by atoms with E-state index in [1.807, 2.05) is 0 Å². The molecule has 0 saturated heterocycles. The number of hydrogen-bond donors (Lipinski definition) is 2. The van der Waals surface area contributed by atoms with Gasteiger partial charge in [0.2, 0.25) is 0 Å². The molecule has 0 atom stereocenters. The lowest BCUT2D eigenvalue weighted by Gasteiger charge is -2.20. The number of hydrogen-bond acceptors (Lipinski definition) is 3. The van der Waals surface area contributed by atoms with Gasteiger partial charge in [0.05, 0.1) is 0 Å². The Labute approximate surface area is 87.6 Å². The van der Waals surface area contributed by atoms with Crippen LogP contribution in [0.25, 0.3) is 0 Å². The summed E-state index contributed by atoms with van der Waals surface area (Å²) in [5.74, 6) is -3.16. The minimum atomic E-state index is -3.16. The van der Waals surface area contributed by atoms with Crippen molar-refractivity contribution in [3.63, 3.8) is 0 Å². The molecule has 2 N–H and O–H groups in total. The highest BCUT2D eigenvalue weighted by molar-refractivity contribution is 5.67. The van der Waals surface area contributed by atoms with E-state index in [0.29, 0.717) is 0 Å². The molecule has 15 heavy (non-hydrogen) atoms. The SMILES string of the molecule is CC(C)(C)OC(=O)NCCC(F)(F)CO. The van der Waals surface area contributed by atoms with Gasteiger partial charge in [0, 0.05) is 13.0 Å². The number of amides is 1. The average Bonchev–Trinajstić information content (AvgIpc) is 2.00. The molecule has 0 radical (unpaired) electrons. The van der Waals surface area contributed by atoms with Crippen molar-refractivity contribution in [3.05, 3.63) is 0 Å². The fraction of sp³-hybridized carbons (Fsp3) is 0.889. The average molecular weight is 225 g/mol. The molecule has 0 unspecified atom stereocenters. The number of alkyl halides is 2. The predicted octanol–water partition coefficient (Wildman–Crippen LogP) is 1.53. The highest BCUT2D eigenvalue weighted by Crippen LogP contribution is 2.16. The van der Waals surface area contributed by atoms with Gasteiger partial charge in [0.25, 0.3) is 5.92 Å². The van der Waals surface area contributed by atoms with Gasteiger partial charge in [0.15, 0.2) is 0 Å². The van der Waals surface area contributed by atoms with Crippen LogP contribution in [-0.2, 0) is 4.74 Å². The summed E-state index contributed by atoms with van der Waals surface area (Å²) in [5.41, 5.74) is -0.649. The van der Waals surface area contributed by atoms with Crippen molar-refractivity contribution >= 4 is 6.09 Å². The van der Waals surface area contributed by atoms with Gasteiger partial charge in [-0.3, -0.25) is 0 Å². The van der Waals surface area contributed by atoms with Crippen molar-refractivity contribution in [1.29, 1.82) is 0 Å². The van der Waals surface area contributed by atoms with Gasteiger partial charge >= 0.3 is 6.09 Å². The van der Waals surface area contributed by atoms with Crippen LogP contribution in [0.15, 0.2) is 0 Å². The van der Waals surface area contributed by atoms with Crippen LogP contribution in [0.3, 0.4) is 0 Å². The van der Waals surface area contributed by atoms with E-state index in [4.69, 9.17) is 9.84 Å². The Bertz CT molecular complexity index is 214. The fourth-order valence-electron chi connectivity index (χ4n) is 0.741. The molecule has 1 amide bonds. The van der Waals surface area contributed by atoms with Crippen LogP contribution in [0.5, 0.6) is 0 Å². The molecule has 0 aliphatic heterocycles. The predicted molar refractivity (Wildman–Crippen MR) is 50.9 cm³/mol. The van der Waals surface area contributed by atoms with E-state index in [9.17, 15) is 13.6 Å². The molecule has 0 saturated carbocycles. The second kappa shape index (κ2) is 5.25. The summed E-state index contributed by atoms with van der Waals surface area (Å²) in [4.78, 5) is 11.0. The molecule has 0 aromatic rings. The van der Waals surface area contributed by atoms with Gasteiger partial charge in [-0.15, -0.1) is 0 Å². The van der Waals surface area contributed by atoms with Gasteiger partial charge in [0.1, 0.15) is 12.2 Å².